The Balaban J connectivity index is 1.58. The van der Waals surface area contributed by atoms with Crippen LogP contribution in [0.25, 0.3) is 0 Å². The Morgan fingerprint density at radius 1 is 1.05 bits per heavy atom. The smallest absolute Gasteiger partial charge is 0.244 e. The Labute approximate surface area is 236 Å². The molecule has 0 radical (unpaired) electrons. The Morgan fingerprint density at radius 3 is 2.54 bits per heavy atom. The minimum absolute atomic E-state index is 0.0173. The number of nitrogens with one attached hydrogen (secondary N) is 2. The first-order valence-corrected chi connectivity index (χ1v) is 15.4. The topological polar surface area (TPSA) is 126 Å². The van der Waals surface area contributed by atoms with Crippen molar-refractivity contribution in [2.75, 3.05) is 31.0 Å². The maximum absolute atomic E-state index is 13.5. The van der Waals surface area contributed by atoms with Crippen molar-refractivity contribution in [1.29, 1.82) is 0 Å². The third-order valence-corrected chi connectivity index (χ3v) is 9.33. The molecular weight excluding hydrogens is 564 g/mol. The second kappa shape index (κ2) is 12.9. The maximum atomic E-state index is 13.5. The molecule has 4 rings (SSSR count). The summed E-state index contributed by atoms with van der Waals surface area (Å²) in [6, 6.07) is 16.5. The van der Waals surface area contributed by atoms with Crippen LogP contribution in [0.3, 0.4) is 0 Å². The van der Waals surface area contributed by atoms with Gasteiger partial charge in [-0.25, -0.2) is 13.1 Å². The first-order chi connectivity index (χ1) is 18.7. The number of methoxy groups -OCH3 is 2. The molecule has 12 heteroatoms. The van der Waals surface area contributed by atoms with Crippen LogP contribution in [0.15, 0.2) is 65.6 Å². The second-order valence-electron chi connectivity index (χ2n) is 8.82. The summed E-state index contributed by atoms with van der Waals surface area (Å²) in [5, 5.41) is 3.20. The van der Waals surface area contributed by atoms with Gasteiger partial charge >= 0.3 is 0 Å². The van der Waals surface area contributed by atoms with Crippen molar-refractivity contribution in [2.24, 2.45) is 0 Å². The van der Waals surface area contributed by atoms with Crippen molar-refractivity contribution in [3.8, 4) is 17.2 Å². The van der Waals surface area contributed by atoms with Gasteiger partial charge in [0, 0.05) is 35.3 Å². The number of anilines is 1. The third kappa shape index (κ3) is 7.58. The number of hydrogen-bond acceptors (Lipinski definition) is 7. The summed E-state index contributed by atoms with van der Waals surface area (Å²) in [7, 11) is -1.11. The SMILES string of the molecule is COc1ccc(CNS(=O)(=O)c2cc(NC(=O)Cc3ccccc3Cl)ccc2O[C@H]2CC[S@@+]([O-])C2)c(OC)c1. The molecule has 0 spiro atoms. The molecule has 2 N–H and O–H groups in total. The zero-order valence-electron chi connectivity index (χ0n) is 21.4. The molecule has 1 amide bonds. The van der Waals surface area contributed by atoms with E-state index in [0.717, 1.165) is 0 Å². The van der Waals surface area contributed by atoms with Gasteiger partial charge in [0.15, 0.2) is 0 Å². The molecule has 0 aromatic heterocycles. The Morgan fingerprint density at radius 2 is 1.85 bits per heavy atom. The molecule has 208 valence electrons. The molecule has 1 aliphatic rings. The van der Waals surface area contributed by atoms with E-state index in [-0.39, 0.29) is 41.3 Å². The number of rotatable bonds is 11. The van der Waals surface area contributed by atoms with Crippen LogP contribution in [0.1, 0.15) is 17.5 Å². The molecule has 3 aromatic rings. The van der Waals surface area contributed by atoms with Crippen LogP contribution < -0.4 is 24.2 Å². The fourth-order valence-corrected chi connectivity index (χ4v) is 6.78. The van der Waals surface area contributed by atoms with E-state index in [4.69, 9.17) is 25.8 Å². The van der Waals surface area contributed by atoms with Gasteiger partial charge in [0.2, 0.25) is 15.9 Å². The van der Waals surface area contributed by atoms with Gasteiger partial charge < -0.3 is 24.1 Å². The van der Waals surface area contributed by atoms with Gasteiger partial charge in [-0.15, -0.1) is 0 Å². The van der Waals surface area contributed by atoms with Crippen molar-refractivity contribution >= 4 is 44.4 Å². The number of ether oxygens (including phenoxy) is 3. The molecule has 39 heavy (non-hydrogen) atoms. The second-order valence-corrected chi connectivity index (χ2v) is 12.6. The molecule has 0 saturated carbocycles. The summed E-state index contributed by atoms with van der Waals surface area (Å²) >= 11 is 5.17. The van der Waals surface area contributed by atoms with E-state index >= 15 is 0 Å². The molecule has 2 atom stereocenters. The number of halogens is 1. The van der Waals surface area contributed by atoms with Crippen molar-refractivity contribution < 1.29 is 32.0 Å². The van der Waals surface area contributed by atoms with Gasteiger partial charge in [-0.2, -0.15) is 0 Å². The van der Waals surface area contributed by atoms with Crippen LogP contribution in [0.5, 0.6) is 17.2 Å². The predicted octanol–water partition coefficient (Wildman–Crippen LogP) is 3.92. The van der Waals surface area contributed by atoms with E-state index in [1.807, 2.05) is 0 Å². The lowest BCUT2D eigenvalue weighted by Gasteiger charge is -2.18. The van der Waals surface area contributed by atoms with Crippen molar-refractivity contribution in [3.05, 3.63) is 76.8 Å². The summed E-state index contributed by atoms with van der Waals surface area (Å²) in [6.07, 6.45) is 0.199. The Kier molecular flexibility index (Phi) is 9.62. The first kappa shape index (κ1) is 29.0. The van der Waals surface area contributed by atoms with E-state index in [1.54, 1.807) is 48.5 Å². The van der Waals surface area contributed by atoms with Crippen LogP contribution in [0.2, 0.25) is 5.02 Å². The summed E-state index contributed by atoms with van der Waals surface area (Å²) in [4.78, 5) is 12.6. The molecule has 0 unspecified atom stereocenters. The molecule has 1 heterocycles. The van der Waals surface area contributed by atoms with Crippen LogP contribution in [0.4, 0.5) is 5.69 Å². The van der Waals surface area contributed by atoms with Crippen molar-refractivity contribution in [3.63, 3.8) is 0 Å². The van der Waals surface area contributed by atoms with E-state index in [9.17, 15) is 17.8 Å². The van der Waals surface area contributed by atoms with Crippen LogP contribution in [0, 0.1) is 0 Å². The minimum Gasteiger partial charge on any atom is -0.616 e. The quantitative estimate of drug-likeness (QED) is 0.323. The maximum Gasteiger partial charge on any atom is 0.244 e. The fourth-order valence-electron chi connectivity index (χ4n) is 4.07. The average Bonchev–Trinajstić information content (AvgIpc) is 3.33. The molecule has 1 fully saturated rings. The lowest BCUT2D eigenvalue weighted by molar-refractivity contribution is -0.115. The highest BCUT2D eigenvalue weighted by Gasteiger charge is 2.30. The third-order valence-electron chi connectivity index (χ3n) is 6.11. The normalized spacial score (nSPS) is 17.0. The van der Waals surface area contributed by atoms with Crippen LogP contribution in [-0.2, 0) is 39.0 Å². The highest BCUT2D eigenvalue weighted by Crippen LogP contribution is 2.31. The molecule has 1 aliphatic heterocycles. The zero-order valence-corrected chi connectivity index (χ0v) is 23.8. The van der Waals surface area contributed by atoms with E-state index in [1.165, 1.54) is 26.4 Å². The molecule has 0 aliphatic carbocycles. The zero-order chi connectivity index (χ0) is 28.0. The Bertz CT molecular complexity index is 1440. The average molecular weight is 593 g/mol. The predicted molar refractivity (Wildman–Crippen MR) is 151 cm³/mol. The largest absolute Gasteiger partial charge is 0.616 e. The van der Waals surface area contributed by atoms with Crippen molar-refractivity contribution in [1.82, 2.24) is 4.72 Å². The fraction of sp³-hybridized carbons (Fsp3) is 0.296. The molecule has 0 bridgehead atoms. The van der Waals surface area contributed by atoms with Gasteiger partial charge in [-0.1, -0.05) is 35.9 Å². The number of amides is 1. The number of carbonyl (C=O) groups is 1. The van der Waals surface area contributed by atoms with Gasteiger partial charge in [0.25, 0.3) is 0 Å². The van der Waals surface area contributed by atoms with E-state index in [0.29, 0.717) is 45.6 Å². The van der Waals surface area contributed by atoms with Crippen molar-refractivity contribution in [2.45, 2.75) is 30.4 Å². The molecule has 1 saturated heterocycles. The minimum atomic E-state index is -4.12. The standard InChI is InChI=1S/C27H29ClN2O7S2/c1-35-21-9-7-19(25(15-21)36-2)16-29-39(33,34)26-14-20(8-10-24(26)37-22-11-12-38(32)17-22)30-27(31)13-18-5-3-4-6-23(18)28/h3-10,14-15,22,29H,11-13,16-17H2,1-2H3,(H,30,31)/t22-,38+/m0/s1. The molecule has 9 nitrogen and oxygen atoms in total. The van der Waals surface area contributed by atoms with Gasteiger partial charge in [0.05, 0.1) is 20.6 Å². The lowest BCUT2D eigenvalue weighted by Crippen LogP contribution is -2.26. The summed E-state index contributed by atoms with van der Waals surface area (Å²) in [5.41, 5.74) is 1.52. The number of hydrogen-bond donors (Lipinski definition) is 2. The van der Waals surface area contributed by atoms with Crippen LogP contribution in [-0.4, -0.2) is 50.7 Å². The monoisotopic (exact) mass is 592 g/mol. The molecule has 3 aromatic carbocycles. The Hall–Kier alpha value is -2.96. The first-order valence-electron chi connectivity index (χ1n) is 12.1. The summed E-state index contributed by atoms with van der Waals surface area (Å²) in [6.45, 7) is -0.0640. The highest BCUT2D eigenvalue weighted by atomic mass is 35.5. The summed E-state index contributed by atoms with van der Waals surface area (Å²) < 4.78 is 58.0. The lowest BCUT2D eigenvalue weighted by atomic mass is 10.1. The molecular formula is C27H29ClN2O7S2. The number of benzene rings is 3. The van der Waals surface area contributed by atoms with Gasteiger partial charge in [0.1, 0.15) is 39.8 Å². The van der Waals surface area contributed by atoms with Crippen LogP contribution >= 0.6 is 11.6 Å². The van der Waals surface area contributed by atoms with Gasteiger partial charge in [-0.05, 0) is 47.1 Å². The van der Waals surface area contributed by atoms with E-state index < -0.39 is 21.2 Å². The summed E-state index contributed by atoms with van der Waals surface area (Å²) in [5.74, 6) is 1.61. The number of sulfonamides is 1. The van der Waals surface area contributed by atoms with E-state index in [2.05, 4.69) is 10.0 Å². The number of carbonyl (C=O) groups excluding carboxylic acids is 1. The highest BCUT2D eigenvalue weighted by molar-refractivity contribution is 7.91. The van der Waals surface area contributed by atoms with Gasteiger partial charge in [-0.3, -0.25) is 4.79 Å².